The van der Waals surface area contributed by atoms with Gasteiger partial charge < -0.3 is 20.1 Å². The fourth-order valence-electron chi connectivity index (χ4n) is 3.25. The van der Waals surface area contributed by atoms with Gasteiger partial charge in [-0.2, -0.15) is 4.98 Å². The highest BCUT2D eigenvalue weighted by Crippen LogP contribution is 2.56. The second kappa shape index (κ2) is 8.56. The number of benzene rings is 1. The number of nitrogens with zero attached hydrogens (tertiary/aromatic N) is 2. The first-order valence-electron chi connectivity index (χ1n) is 9.05. The lowest BCUT2D eigenvalue weighted by atomic mass is 9.97. The minimum absolute atomic E-state index is 0.0118. The van der Waals surface area contributed by atoms with Crippen molar-refractivity contribution in [1.82, 2.24) is 9.55 Å². The fourth-order valence-corrected chi connectivity index (χ4v) is 5.21. The molecule has 1 saturated heterocycles. The predicted molar refractivity (Wildman–Crippen MR) is 110 cm³/mol. The van der Waals surface area contributed by atoms with Gasteiger partial charge in [0.2, 0.25) is 0 Å². The second-order valence-corrected chi connectivity index (χ2v) is 10.4. The molecule has 1 aromatic heterocycles. The van der Waals surface area contributed by atoms with Crippen molar-refractivity contribution < 1.29 is 36.6 Å². The van der Waals surface area contributed by atoms with Gasteiger partial charge in [-0.3, -0.25) is 13.6 Å². The fraction of sp³-hybridized carbons (Fsp3) is 0.412. The van der Waals surface area contributed by atoms with E-state index in [0.717, 1.165) is 6.20 Å². The molecule has 0 bridgehead atoms. The first kappa shape index (κ1) is 23.4. The van der Waals surface area contributed by atoms with Gasteiger partial charge in [0.15, 0.2) is 18.0 Å². The number of nitrogen functional groups attached to an aromatic ring is 1. The summed E-state index contributed by atoms with van der Waals surface area (Å²) in [6.45, 7) is -4.64. The summed E-state index contributed by atoms with van der Waals surface area (Å²) in [5.41, 5.74) is 2.10. The molecule has 1 fully saturated rings. The summed E-state index contributed by atoms with van der Waals surface area (Å²) in [5.74, 6) is 0.0199. The van der Waals surface area contributed by atoms with E-state index >= 15 is 0 Å². The van der Waals surface area contributed by atoms with E-state index in [1.54, 1.807) is 24.3 Å². The van der Waals surface area contributed by atoms with Gasteiger partial charge in [-0.15, -0.1) is 0 Å². The van der Waals surface area contributed by atoms with Crippen molar-refractivity contribution in [3.05, 3.63) is 51.5 Å². The van der Waals surface area contributed by atoms with Crippen LogP contribution in [0.4, 0.5) is 19.0 Å². The van der Waals surface area contributed by atoms with E-state index in [9.17, 15) is 23.1 Å². The molecular weight excluding hydrogens is 498 g/mol. The number of halogens is 4. The first-order chi connectivity index (χ1) is 15.1. The van der Waals surface area contributed by atoms with E-state index in [2.05, 4.69) is 4.98 Å². The number of ether oxygens (including phenoxy) is 1. The number of hydrogen-bond donors (Lipinski definition) is 2. The third-order valence-electron chi connectivity index (χ3n) is 5.00. The highest BCUT2D eigenvalue weighted by atomic mass is 35.5. The first-order valence-corrected chi connectivity index (χ1v) is 12.0. The smallest absolute Gasteiger partial charge is 0.381 e. The molecule has 3 N–H and O–H groups in total. The Morgan fingerprint density at radius 3 is 2.91 bits per heavy atom. The molecular formula is C17H16ClF3N3O6PS. The molecule has 3 heterocycles. The normalized spacial score (nSPS) is 32.0. The molecule has 0 saturated carbocycles. The van der Waals surface area contributed by atoms with Crippen LogP contribution in [0.2, 0.25) is 5.02 Å². The van der Waals surface area contributed by atoms with Crippen LogP contribution in [-0.4, -0.2) is 45.6 Å². The molecule has 2 aliphatic heterocycles. The highest BCUT2D eigenvalue weighted by molar-refractivity contribution is 8.07. The lowest BCUT2D eigenvalue weighted by Gasteiger charge is -2.34. The van der Waals surface area contributed by atoms with Crippen LogP contribution in [0.1, 0.15) is 11.8 Å². The van der Waals surface area contributed by atoms with Crippen LogP contribution in [0.25, 0.3) is 0 Å². The van der Waals surface area contributed by atoms with Gasteiger partial charge >= 0.3 is 12.4 Å². The zero-order valence-corrected chi connectivity index (χ0v) is 18.4. The summed E-state index contributed by atoms with van der Waals surface area (Å²) in [4.78, 5) is 15.5. The Morgan fingerprint density at radius 2 is 2.19 bits per heavy atom. The summed E-state index contributed by atoms with van der Waals surface area (Å²) in [5, 5.41) is 10.1. The van der Waals surface area contributed by atoms with Crippen molar-refractivity contribution >= 4 is 35.9 Å². The van der Waals surface area contributed by atoms with Gasteiger partial charge in [-0.25, -0.2) is 18.0 Å². The van der Waals surface area contributed by atoms with Crippen molar-refractivity contribution in [1.29, 1.82) is 0 Å². The number of rotatable bonds is 5. The van der Waals surface area contributed by atoms with Crippen LogP contribution in [0.5, 0.6) is 5.75 Å². The molecule has 0 amide bonds. The highest BCUT2D eigenvalue weighted by Gasteiger charge is 2.62. The number of anilines is 1. The monoisotopic (exact) mass is 513 g/mol. The summed E-state index contributed by atoms with van der Waals surface area (Å²) in [7, 11) is 0. The van der Waals surface area contributed by atoms with Crippen LogP contribution >= 0.6 is 18.3 Å². The summed E-state index contributed by atoms with van der Waals surface area (Å²) >= 11 is 11.0. The number of aliphatic hydroxyl groups excluding tert-OH is 1. The topological polar surface area (TPSA) is 118 Å². The Hall–Kier alpha value is -1.73. The summed E-state index contributed by atoms with van der Waals surface area (Å²) < 4.78 is 65.1. The molecule has 0 spiro atoms. The quantitative estimate of drug-likeness (QED) is 0.581. The lowest BCUT2D eigenvalue weighted by Crippen LogP contribution is -2.52. The van der Waals surface area contributed by atoms with E-state index < -0.39 is 49.5 Å². The third kappa shape index (κ3) is 4.03. The predicted octanol–water partition coefficient (Wildman–Crippen LogP) is 2.56. The number of aliphatic hydroxyl groups is 1. The van der Waals surface area contributed by atoms with Crippen molar-refractivity contribution in [3.8, 4) is 5.75 Å². The molecule has 174 valence electrons. The number of para-hydroxylation sites is 1. The average Bonchev–Trinajstić information content (AvgIpc) is 3.01. The molecule has 2 aliphatic rings. The maximum atomic E-state index is 14.9. The van der Waals surface area contributed by atoms with E-state index in [1.807, 2.05) is 0 Å². The Labute approximate surface area is 189 Å². The molecule has 1 unspecified atom stereocenters. The van der Waals surface area contributed by atoms with Gasteiger partial charge in [0.1, 0.15) is 17.7 Å². The molecule has 32 heavy (non-hydrogen) atoms. The third-order valence-corrected chi connectivity index (χ3v) is 7.46. The van der Waals surface area contributed by atoms with Crippen molar-refractivity contribution in [2.45, 2.75) is 37.1 Å². The second-order valence-electron chi connectivity index (χ2n) is 7.01. The maximum Gasteiger partial charge on any atom is 0.381 e. The number of fused-ring (bicyclic) bond motifs is 1. The Bertz CT molecular complexity index is 1140. The molecule has 2 aromatic rings. The summed E-state index contributed by atoms with van der Waals surface area (Å²) in [6, 6.07) is 6.75. The van der Waals surface area contributed by atoms with Crippen LogP contribution in [0, 0.1) is 0 Å². The van der Waals surface area contributed by atoms with Crippen molar-refractivity contribution in [3.63, 3.8) is 0 Å². The Morgan fingerprint density at radius 1 is 1.47 bits per heavy atom. The van der Waals surface area contributed by atoms with E-state index in [1.165, 1.54) is 0 Å². The minimum Gasteiger partial charge on any atom is -0.424 e. The van der Waals surface area contributed by atoms with Crippen LogP contribution in [0.15, 0.2) is 35.3 Å². The Balaban J connectivity index is 1.59. The molecule has 5 atom stereocenters. The van der Waals surface area contributed by atoms with E-state index in [4.69, 9.17) is 47.4 Å². The van der Waals surface area contributed by atoms with Gasteiger partial charge in [0.05, 0.1) is 18.2 Å². The van der Waals surface area contributed by atoms with Crippen LogP contribution in [-0.2, 0) is 32.2 Å². The number of alkyl halides is 3. The zero-order valence-electron chi connectivity index (χ0n) is 15.9. The number of aromatic nitrogens is 2. The minimum atomic E-state index is -3.57. The number of hydrogen-bond acceptors (Lipinski definition) is 9. The lowest BCUT2D eigenvalue weighted by molar-refractivity contribution is -0.193. The van der Waals surface area contributed by atoms with Crippen molar-refractivity contribution in [2.75, 3.05) is 12.3 Å². The molecule has 1 aromatic carbocycles. The van der Waals surface area contributed by atoms with Gasteiger partial charge in [0, 0.05) is 23.6 Å². The van der Waals surface area contributed by atoms with Gasteiger partial charge in [-0.1, -0.05) is 29.8 Å². The number of nitrogens with two attached hydrogens (primary N) is 1. The molecule has 9 nitrogen and oxygen atoms in total. The molecule has 4 rings (SSSR count). The van der Waals surface area contributed by atoms with Crippen LogP contribution < -0.4 is 15.9 Å². The molecule has 15 heteroatoms. The van der Waals surface area contributed by atoms with Gasteiger partial charge in [0.25, 0.3) is 6.43 Å². The van der Waals surface area contributed by atoms with Crippen molar-refractivity contribution in [2.24, 2.45) is 0 Å². The maximum absolute atomic E-state index is 14.9. The standard InChI is InChI=1S/C17H16ClF3N3O6PS/c18-9-5-24(16(26)23-13(9)22)14-11(19)12(25)17(29-14,15(20)21)7-28-31(32)27-6-8-3-1-2-4-10(8)30-31/h1-5,11-12,14-15,25H,6-7H2,(H2,22,23,26)/t11-,12-,14-,17-,31?/m1/s1. The largest absolute Gasteiger partial charge is 0.424 e. The SMILES string of the molecule is Nc1nc(=O)n([C@@H]2O[C@@](COP3(=S)OCc4ccccc4O3)(C(F)F)[C@H](O)[C@H]2F)cc1Cl. The molecule has 0 radical (unpaired) electrons. The summed E-state index contributed by atoms with van der Waals surface area (Å²) in [6.07, 6.45) is -9.39. The van der Waals surface area contributed by atoms with Gasteiger partial charge in [-0.05, 0) is 6.07 Å². The zero-order chi connectivity index (χ0) is 23.3. The average molecular weight is 514 g/mol. The van der Waals surface area contributed by atoms with Crippen LogP contribution in [0.3, 0.4) is 0 Å². The van der Waals surface area contributed by atoms with E-state index in [0.29, 0.717) is 15.9 Å². The van der Waals surface area contributed by atoms with E-state index in [-0.39, 0.29) is 17.4 Å². The molecule has 0 aliphatic carbocycles. The Kier molecular flexibility index (Phi) is 6.27.